The lowest BCUT2D eigenvalue weighted by Gasteiger charge is -2.10. The molecule has 0 bridgehead atoms. The van der Waals surface area contributed by atoms with Crippen LogP contribution in [0.3, 0.4) is 0 Å². The molecule has 1 aromatic rings. The Bertz CT molecular complexity index is 375. The van der Waals surface area contributed by atoms with Gasteiger partial charge in [-0.3, -0.25) is 10.1 Å². The van der Waals surface area contributed by atoms with Crippen LogP contribution in [0.2, 0.25) is 0 Å². The molecule has 0 radical (unpaired) electrons. The largest absolute Gasteiger partial charge is 0.354 e. The van der Waals surface area contributed by atoms with Gasteiger partial charge in [0.1, 0.15) is 12.4 Å². The van der Waals surface area contributed by atoms with Crippen molar-refractivity contribution in [3.8, 4) is 0 Å². The highest BCUT2D eigenvalue weighted by atomic mass is 16.6. The van der Waals surface area contributed by atoms with Crippen molar-refractivity contribution >= 4 is 11.6 Å². The first-order valence-electron chi connectivity index (χ1n) is 5.69. The Hall–Kier alpha value is -1.76. The third-order valence-corrected chi connectivity index (χ3v) is 2.79. The summed E-state index contributed by atoms with van der Waals surface area (Å²) in [6, 6.07) is 0.570. The molecule has 2 heterocycles. The Morgan fingerprint density at radius 1 is 1.53 bits per heavy atom. The van der Waals surface area contributed by atoms with Gasteiger partial charge in [-0.15, -0.1) is 0 Å². The number of aromatic nitrogens is 2. The predicted octanol–water partition coefficient (Wildman–Crippen LogP) is 0.939. The van der Waals surface area contributed by atoms with Crippen LogP contribution < -0.4 is 10.6 Å². The van der Waals surface area contributed by atoms with Crippen molar-refractivity contribution in [2.75, 3.05) is 18.4 Å². The van der Waals surface area contributed by atoms with Crippen LogP contribution in [-0.2, 0) is 0 Å². The van der Waals surface area contributed by atoms with E-state index < -0.39 is 4.92 Å². The van der Waals surface area contributed by atoms with Crippen molar-refractivity contribution in [1.82, 2.24) is 15.3 Å². The van der Waals surface area contributed by atoms with Crippen LogP contribution in [0.15, 0.2) is 12.4 Å². The molecular weight excluding hydrogens is 222 g/mol. The van der Waals surface area contributed by atoms with Crippen LogP contribution in [0.5, 0.6) is 0 Å². The lowest BCUT2D eigenvalue weighted by molar-refractivity contribution is -0.385. The Morgan fingerprint density at radius 3 is 2.88 bits per heavy atom. The van der Waals surface area contributed by atoms with E-state index in [4.69, 9.17) is 0 Å². The Labute approximate surface area is 98.8 Å². The first-order chi connectivity index (χ1) is 8.25. The molecular formula is C10H15N5O2. The summed E-state index contributed by atoms with van der Waals surface area (Å²) in [6.07, 6.45) is 5.88. The minimum Gasteiger partial charge on any atom is -0.354 e. The number of hydrogen-bond acceptors (Lipinski definition) is 6. The maximum Gasteiger partial charge on any atom is 0.305 e. The SMILES string of the molecule is O=[N+]([O-])c1cnc(NCC[C@H]2CCCN2)nc1. The lowest BCUT2D eigenvalue weighted by atomic mass is 10.1. The van der Waals surface area contributed by atoms with Crippen LogP contribution in [0.4, 0.5) is 11.6 Å². The summed E-state index contributed by atoms with van der Waals surface area (Å²) in [6.45, 7) is 1.87. The van der Waals surface area contributed by atoms with Gasteiger partial charge in [-0.1, -0.05) is 0 Å². The van der Waals surface area contributed by atoms with E-state index in [9.17, 15) is 10.1 Å². The topological polar surface area (TPSA) is 93.0 Å². The van der Waals surface area contributed by atoms with Crippen molar-refractivity contribution in [3.05, 3.63) is 22.5 Å². The highest BCUT2D eigenvalue weighted by Crippen LogP contribution is 2.10. The minimum atomic E-state index is -0.508. The van der Waals surface area contributed by atoms with Gasteiger partial charge in [0.25, 0.3) is 0 Å². The molecule has 17 heavy (non-hydrogen) atoms. The van der Waals surface area contributed by atoms with Gasteiger partial charge in [-0.05, 0) is 25.8 Å². The molecule has 2 rings (SSSR count). The molecule has 1 aliphatic heterocycles. The van der Waals surface area contributed by atoms with Gasteiger partial charge in [0.15, 0.2) is 0 Å². The third kappa shape index (κ3) is 3.35. The number of hydrogen-bond donors (Lipinski definition) is 2. The average molecular weight is 237 g/mol. The third-order valence-electron chi connectivity index (χ3n) is 2.79. The molecule has 7 heteroatoms. The van der Waals surface area contributed by atoms with Gasteiger partial charge < -0.3 is 10.6 Å². The van der Waals surface area contributed by atoms with Crippen LogP contribution in [0.1, 0.15) is 19.3 Å². The molecule has 0 saturated carbocycles. The first kappa shape index (κ1) is 11.7. The molecule has 1 aromatic heterocycles. The Kier molecular flexibility index (Phi) is 3.81. The van der Waals surface area contributed by atoms with Crippen molar-refractivity contribution in [1.29, 1.82) is 0 Å². The maximum atomic E-state index is 10.4. The highest BCUT2D eigenvalue weighted by Gasteiger charge is 2.13. The summed E-state index contributed by atoms with van der Waals surface area (Å²) in [4.78, 5) is 17.6. The molecule has 0 spiro atoms. The molecule has 2 N–H and O–H groups in total. The van der Waals surface area contributed by atoms with Crippen LogP contribution in [0, 0.1) is 10.1 Å². The van der Waals surface area contributed by atoms with Crippen LogP contribution >= 0.6 is 0 Å². The minimum absolute atomic E-state index is 0.0898. The van der Waals surface area contributed by atoms with Crippen molar-refractivity contribution in [2.24, 2.45) is 0 Å². The quantitative estimate of drug-likeness (QED) is 0.584. The molecule has 92 valence electrons. The van der Waals surface area contributed by atoms with Gasteiger partial charge >= 0.3 is 5.69 Å². The predicted molar refractivity (Wildman–Crippen MR) is 62.8 cm³/mol. The zero-order chi connectivity index (χ0) is 12.1. The van der Waals surface area contributed by atoms with Gasteiger partial charge in [-0.2, -0.15) is 0 Å². The second kappa shape index (κ2) is 5.53. The van der Waals surface area contributed by atoms with E-state index in [0.29, 0.717) is 12.0 Å². The molecule has 0 amide bonds. The van der Waals surface area contributed by atoms with E-state index >= 15 is 0 Å². The van der Waals surface area contributed by atoms with Crippen LogP contribution in [-0.4, -0.2) is 34.0 Å². The van der Waals surface area contributed by atoms with E-state index in [1.54, 1.807) is 0 Å². The number of rotatable bonds is 5. The first-order valence-corrected chi connectivity index (χ1v) is 5.69. The molecule has 0 aliphatic carbocycles. The molecule has 1 atom stereocenters. The summed E-state index contributed by atoms with van der Waals surface area (Å²) in [5.74, 6) is 0.439. The van der Waals surface area contributed by atoms with Crippen molar-refractivity contribution in [3.63, 3.8) is 0 Å². The van der Waals surface area contributed by atoms with E-state index in [-0.39, 0.29) is 5.69 Å². The number of nitro groups is 1. The summed E-state index contributed by atoms with van der Waals surface area (Å²) < 4.78 is 0. The summed E-state index contributed by atoms with van der Waals surface area (Å²) in [5.41, 5.74) is -0.0898. The summed E-state index contributed by atoms with van der Waals surface area (Å²) >= 11 is 0. The second-order valence-corrected chi connectivity index (χ2v) is 4.03. The average Bonchev–Trinajstić information content (AvgIpc) is 2.83. The molecule has 1 saturated heterocycles. The number of nitrogens with one attached hydrogen (secondary N) is 2. The highest BCUT2D eigenvalue weighted by molar-refractivity contribution is 5.30. The van der Waals surface area contributed by atoms with Gasteiger partial charge in [-0.25, -0.2) is 9.97 Å². The van der Waals surface area contributed by atoms with E-state index in [1.165, 1.54) is 25.2 Å². The maximum absolute atomic E-state index is 10.4. The fourth-order valence-electron chi connectivity index (χ4n) is 1.87. The molecule has 0 unspecified atom stereocenters. The number of anilines is 1. The standard InChI is InChI=1S/C10H15N5O2/c16-15(17)9-6-13-10(14-7-9)12-5-3-8-2-1-4-11-8/h6-8,11H,1-5H2,(H,12,13,14)/t8-/m1/s1. The fourth-order valence-corrected chi connectivity index (χ4v) is 1.87. The van der Waals surface area contributed by atoms with Crippen LogP contribution in [0.25, 0.3) is 0 Å². The zero-order valence-electron chi connectivity index (χ0n) is 9.43. The van der Waals surface area contributed by atoms with Crippen molar-refractivity contribution < 1.29 is 4.92 Å². The summed E-state index contributed by atoms with van der Waals surface area (Å²) in [5, 5.41) is 16.8. The van der Waals surface area contributed by atoms with Gasteiger partial charge in [0, 0.05) is 12.6 Å². The molecule has 0 aromatic carbocycles. The zero-order valence-corrected chi connectivity index (χ0v) is 9.43. The number of nitrogens with zero attached hydrogens (tertiary/aromatic N) is 3. The van der Waals surface area contributed by atoms with E-state index in [0.717, 1.165) is 19.5 Å². The second-order valence-electron chi connectivity index (χ2n) is 4.03. The molecule has 1 aliphatic rings. The van der Waals surface area contributed by atoms with E-state index in [2.05, 4.69) is 20.6 Å². The van der Waals surface area contributed by atoms with Gasteiger partial charge in [0.2, 0.25) is 5.95 Å². The molecule has 1 fully saturated rings. The monoisotopic (exact) mass is 237 g/mol. The fraction of sp³-hybridized carbons (Fsp3) is 0.600. The normalized spacial score (nSPS) is 19.2. The van der Waals surface area contributed by atoms with Crippen molar-refractivity contribution in [2.45, 2.75) is 25.3 Å². The van der Waals surface area contributed by atoms with Gasteiger partial charge in [0.05, 0.1) is 4.92 Å². The van der Waals surface area contributed by atoms with E-state index in [1.807, 2.05) is 0 Å². The lowest BCUT2D eigenvalue weighted by Crippen LogP contribution is -2.24. The molecule has 7 nitrogen and oxygen atoms in total. The smallest absolute Gasteiger partial charge is 0.305 e. The Balaban J connectivity index is 1.76. The Morgan fingerprint density at radius 2 is 2.29 bits per heavy atom. The summed E-state index contributed by atoms with van der Waals surface area (Å²) in [7, 11) is 0.